The molecule has 0 spiro atoms. The van der Waals surface area contributed by atoms with Crippen molar-refractivity contribution in [1.29, 1.82) is 0 Å². The Balaban J connectivity index is 1.54. The zero-order valence-corrected chi connectivity index (χ0v) is 14.5. The van der Waals surface area contributed by atoms with Gasteiger partial charge >= 0.3 is 0 Å². The van der Waals surface area contributed by atoms with Crippen LogP contribution in [0, 0.1) is 0 Å². The largest absolute Gasteiger partial charge is 0.381 e. The highest BCUT2D eigenvalue weighted by Gasteiger charge is 2.29. The van der Waals surface area contributed by atoms with Gasteiger partial charge in [0.2, 0.25) is 0 Å². The Morgan fingerprint density at radius 2 is 1.83 bits per heavy atom. The normalized spacial score (nSPS) is 20.9. The molecule has 0 saturated carbocycles. The predicted molar refractivity (Wildman–Crippen MR) is 92.0 cm³/mol. The Bertz CT molecular complexity index is 538. The molecule has 2 aliphatic rings. The minimum Gasteiger partial charge on any atom is -0.381 e. The lowest BCUT2D eigenvalue weighted by molar-refractivity contribution is 0.0152. The fraction of sp³-hybridized carbons (Fsp3) is 0.611. The fourth-order valence-corrected chi connectivity index (χ4v) is 3.86. The molecule has 0 N–H and O–H groups in total. The average molecular weight is 337 g/mol. The fourth-order valence-electron chi connectivity index (χ4n) is 3.67. The zero-order valence-electron chi connectivity index (χ0n) is 13.7. The molecular formula is C18H25ClN2O2. The first-order valence-electron chi connectivity index (χ1n) is 8.49. The van der Waals surface area contributed by atoms with E-state index in [0.29, 0.717) is 22.7 Å². The predicted octanol–water partition coefficient (Wildman–Crippen LogP) is 3.06. The second-order valence-corrected chi connectivity index (χ2v) is 6.98. The molecule has 2 saturated heterocycles. The Kier molecular flexibility index (Phi) is 5.57. The first kappa shape index (κ1) is 16.7. The van der Waals surface area contributed by atoms with Crippen LogP contribution in [0.15, 0.2) is 24.3 Å². The van der Waals surface area contributed by atoms with Crippen LogP contribution >= 0.6 is 11.6 Å². The molecule has 1 amide bonds. The number of likely N-dealkylation sites (tertiary alicyclic amines) is 1. The highest BCUT2D eigenvalue weighted by atomic mass is 35.5. The summed E-state index contributed by atoms with van der Waals surface area (Å²) in [5.74, 6) is 0.0969. The number of piperidine rings is 1. The van der Waals surface area contributed by atoms with E-state index < -0.39 is 0 Å². The van der Waals surface area contributed by atoms with Crippen LogP contribution in [0.5, 0.6) is 0 Å². The number of hydrogen-bond acceptors (Lipinski definition) is 3. The van der Waals surface area contributed by atoms with Gasteiger partial charge in [-0.3, -0.25) is 4.79 Å². The second-order valence-electron chi connectivity index (χ2n) is 6.54. The number of carbonyl (C=O) groups excluding carboxylic acids is 1. The SMILES string of the molecule is CN(C1CCOCC1)C1CCN(C(=O)c2cccc(Cl)c2)CC1. The third-order valence-corrected chi connectivity index (χ3v) is 5.40. The van der Waals surface area contributed by atoms with Gasteiger partial charge in [-0.1, -0.05) is 17.7 Å². The van der Waals surface area contributed by atoms with E-state index in [9.17, 15) is 4.79 Å². The lowest BCUT2D eigenvalue weighted by atomic mass is 9.98. The second kappa shape index (κ2) is 7.65. The first-order chi connectivity index (χ1) is 11.1. The van der Waals surface area contributed by atoms with Gasteiger partial charge in [-0.05, 0) is 50.9 Å². The molecule has 0 bridgehead atoms. The summed E-state index contributed by atoms with van der Waals surface area (Å²) in [6.07, 6.45) is 4.33. The van der Waals surface area contributed by atoms with E-state index in [1.807, 2.05) is 17.0 Å². The van der Waals surface area contributed by atoms with E-state index in [4.69, 9.17) is 16.3 Å². The molecule has 23 heavy (non-hydrogen) atoms. The Morgan fingerprint density at radius 3 is 2.48 bits per heavy atom. The summed E-state index contributed by atoms with van der Waals surface area (Å²) in [6, 6.07) is 8.43. The number of rotatable bonds is 3. The molecule has 0 aromatic heterocycles. The minimum atomic E-state index is 0.0969. The molecule has 2 fully saturated rings. The Hall–Kier alpha value is -1.10. The number of ether oxygens (including phenoxy) is 1. The summed E-state index contributed by atoms with van der Waals surface area (Å²) in [5, 5.41) is 0.616. The van der Waals surface area contributed by atoms with Gasteiger partial charge in [0.15, 0.2) is 0 Å². The highest BCUT2D eigenvalue weighted by Crippen LogP contribution is 2.23. The van der Waals surface area contributed by atoms with Crippen molar-refractivity contribution in [3.63, 3.8) is 0 Å². The summed E-state index contributed by atoms with van der Waals surface area (Å²) >= 11 is 5.99. The summed E-state index contributed by atoms with van der Waals surface area (Å²) in [4.78, 5) is 17.0. The van der Waals surface area contributed by atoms with Crippen LogP contribution in [-0.2, 0) is 4.74 Å². The van der Waals surface area contributed by atoms with E-state index >= 15 is 0 Å². The Morgan fingerprint density at radius 1 is 1.17 bits per heavy atom. The van der Waals surface area contributed by atoms with Gasteiger partial charge < -0.3 is 14.5 Å². The number of nitrogens with zero attached hydrogens (tertiary/aromatic N) is 2. The number of benzene rings is 1. The maximum absolute atomic E-state index is 12.6. The van der Waals surface area contributed by atoms with E-state index in [0.717, 1.165) is 52.0 Å². The monoisotopic (exact) mass is 336 g/mol. The number of halogens is 1. The Labute approximate surface area is 143 Å². The highest BCUT2D eigenvalue weighted by molar-refractivity contribution is 6.30. The van der Waals surface area contributed by atoms with Crippen molar-refractivity contribution in [3.05, 3.63) is 34.9 Å². The zero-order chi connectivity index (χ0) is 16.2. The molecule has 0 aliphatic carbocycles. The molecule has 0 atom stereocenters. The number of carbonyl (C=O) groups is 1. The van der Waals surface area contributed by atoms with Crippen LogP contribution in [0.25, 0.3) is 0 Å². The third kappa shape index (κ3) is 4.06. The number of amides is 1. The van der Waals surface area contributed by atoms with Crippen LogP contribution in [0.3, 0.4) is 0 Å². The van der Waals surface area contributed by atoms with Crippen LogP contribution in [0.4, 0.5) is 0 Å². The van der Waals surface area contributed by atoms with Crippen LogP contribution < -0.4 is 0 Å². The van der Waals surface area contributed by atoms with E-state index in [-0.39, 0.29) is 5.91 Å². The van der Waals surface area contributed by atoms with Crippen molar-refractivity contribution < 1.29 is 9.53 Å². The van der Waals surface area contributed by atoms with Crippen molar-refractivity contribution in [2.45, 2.75) is 37.8 Å². The molecule has 2 heterocycles. The summed E-state index contributed by atoms with van der Waals surface area (Å²) < 4.78 is 5.45. The number of hydrogen-bond donors (Lipinski definition) is 0. The smallest absolute Gasteiger partial charge is 0.253 e. The van der Waals surface area contributed by atoms with E-state index in [2.05, 4.69) is 11.9 Å². The van der Waals surface area contributed by atoms with Crippen molar-refractivity contribution in [2.75, 3.05) is 33.4 Å². The third-order valence-electron chi connectivity index (χ3n) is 5.17. The van der Waals surface area contributed by atoms with Gasteiger partial charge in [-0.25, -0.2) is 0 Å². The maximum atomic E-state index is 12.6. The summed E-state index contributed by atoms with van der Waals surface area (Å²) in [5.41, 5.74) is 0.689. The van der Waals surface area contributed by atoms with Gasteiger partial charge in [-0.2, -0.15) is 0 Å². The van der Waals surface area contributed by atoms with Gasteiger partial charge in [-0.15, -0.1) is 0 Å². The van der Waals surface area contributed by atoms with Gasteiger partial charge in [0, 0.05) is 49.0 Å². The molecule has 1 aromatic rings. The molecule has 1 aromatic carbocycles. The standard InChI is InChI=1S/C18H25ClN2O2/c1-20(17-7-11-23-12-8-17)16-5-9-21(10-6-16)18(22)14-3-2-4-15(19)13-14/h2-4,13,16-17H,5-12H2,1H3. The van der Waals surface area contributed by atoms with Crippen molar-refractivity contribution in [2.24, 2.45) is 0 Å². The molecule has 126 valence electrons. The van der Waals surface area contributed by atoms with Crippen LogP contribution in [-0.4, -0.2) is 61.1 Å². The van der Waals surface area contributed by atoms with Crippen molar-refractivity contribution in [1.82, 2.24) is 9.80 Å². The van der Waals surface area contributed by atoms with Gasteiger partial charge in [0.05, 0.1) is 0 Å². The molecule has 3 rings (SSSR count). The molecule has 5 heteroatoms. The lowest BCUT2D eigenvalue weighted by Crippen LogP contribution is -2.49. The van der Waals surface area contributed by atoms with Crippen molar-refractivity contribution in [3.8, 4) is 0 Å². The molecule has 2 aliphatic heterocycles. The maximum Gasteiger partial charge on any atom is 0.253 e. The quantitative estimate of drug-likeness (QED) is 0.850. The van der Waals surface area contributed by atoms with E-state index in [1.54, 1.807) is 12.1 Å². The van der Waals surface area contributed by atoms with E-state index in [1.165, 1.54) is 0 Å². The molecular weight excluding hydrogens is 312 g/mol. The van der Waals surface area contributed by atoms with Crippen LogP contribution in [0.1, 0.15) is 36.0 Å². The first-order valence-corrected chi connectivity index (χ1v) is 8.87. The molecule has 0 unspecified atom stereocenters. The molecule has 4 nitrogen and oxygen atoms in total. The summed E-state index contributed by atoms with van der Waals surface area (Å²) in [6.45, 7) is 3.40. The summed E-state index contributed by atoms with van der Waals surface area (Å²) in [7, 11) is 2.23. The lowest BCUT2D eigenvalue weighted by Gasteiger charge is -2.41. The molecule has 0 radical (unpaired) electrons. The van der Waals surface area contributed by atoms with Crippen molar-refractivity contribution >= 4 is 17.5 Å². The van der Waals surface area contributed by atoms with Crippen LogP contribution in [0.2, 0.25) is 5.02 Å². The van der Waals surface area contributed by atoms with Gasteiger partial charge in [0.1, 0.15) is 0 Å². The van der Waals surface area contributed by atoms with Gasteiger partial charge in [0.25, 0.3) is 5.91 Å². The average Bonchev–Trinajstić information content (AvgIpc) is 2.61. The topological polar surface area (TPSA) is 32.8 Å². The minimum absolute atomic E-state index is 0.0969.